The van der Waals surface area contributed by atoms with Crippen molar-refractivity contribution in [3.8, 4) is 0 Å². The zero-order chi connectivity index (χ0) is 9.68. The summed E-state index contributed by atoms with van der Waals surface area (Å²) in [5.74, 6) is 0. The molecule has 0 atom stereocenters. The molecule has 0 saturated carbocycles. The van der Waals surface area contributed by atoms with Gasteiger partial charge in [-0.1, -0.05) is 6.58 Å². The minimum absolute atomic E-state index is 0.171. The summed E-state index contributed by atoms with van der Waals surface area (Å²) in [4.78, 5) is 3.94. The number of aromatic nitrogens is 1. The average Bonchev–Trinajstić information content (AvgIpc) is 2.15. The number of hydrogen-bond acceptors (Lipinski definition) is 3. The molecule has 0 fully saturated rings. The van der Waals surface area contributed by atoms with Gasteiger partial charge in [-0.05, 0) is 24.4 Å². The van der Waals surface area contributed by atoms with E-state index in [1.54, 1.807) is 12.4 Å². The lowest BCUT2D eigenvalue weighted by Crippen LogP contribution is -2.39. The van der Waals surface area contributed by atoms with Crippen LogP contribution >= 0.6 is 12.2 Å². The standard InChI is InChI=1S/C8H10N4S/c1-6(11-12-8(9)13)7-3-2-4-10-5-7/h2-5,11H,1H2,(H3,9,12,13). The number of thiocarbonyl (C=S) groups is 1. The van der Waals surface area contributed by atoms with E-state index >= 15 is 0 Å². The molecule has 0 aliphatic rings. The summed E-state index contributed by atoms with van der Waals surface area (Å²) >= 11 is 4.61. The summed E-state index contributed by atoms with van der Waals surface area (Å²) in [6.07, 6.45) is 3.38. The molecule has 0 bridgehead atoms. The summed E-state index contributed by atoms with van der Waals surface area (Å²) in [5, 5.41) is 0.171. The molecule has 1 heterocycles. The Kier molecular flexibility index (Phi) is 3.22. The Bertz CT molecular complexity index is 309. The maximum Gasteiger partial charge on any atom is 0.182 e. The van der Waals surface area contributed by atoms with E-state index in [4.69, 9.17) is 5.73 Å². The second-order valence-electron chi connectivity index (χ2n) is 2.33. The highest BCUT2D eigenvalue weighted by atomic mass is 32.1. The molecule has 0 spiro atoms. The topological polar surface area (TPSA) is 63.0 Å². The second-order valence-corrected chi connectivity index (χ2v) is 2.77. The molecule has 0 aliphatic heterocycles. The molecule has 0 unspecified atom stereocenters. The minimum Gasteiger partial charge on any atom is -0.375 e. The van der Waals surface area contributed by atoms with Crippen molar-refractivity contribution in [3.63, 3.8) is 0 Å². The molecule has 1 rings (SSSR count). The molecule has 13 heavy (non-hydrogen) atoms. The fourth-order valence-corrected chi connectivity index (χ4v) is 0.802. The fourth-order valence-electron chi connectivity index (χ4n) is 0.750. The summed E-state index contributed by atoms with van der Waals surface area (Å²) in [5.41, 5.74) is 12.1. The Morgan fingerprint density at radius 2 is 2.31 bits per heavy atom. The Hall–Kier alpha value is -1.62. The lowest BCUT2D eigenvalue weighted by molar-refractivity contribution is 0.845. The predicted octanol–water partition coefficient (Wildman–Crippen LogP) is 0.390. The van der Waals surface area contributed by atoms with E-state index in [0.717, 1.165) is 5.56 Å². The molecule has 68 valence electrons. The van der Waals surface area contributed by atoms with Crippen LogP contribution in [0.2, 0.25) is 0 Å². The van der Waals surface area contributed by atoms with Gasteiger partial charge in [-0.3, -0.25) is 15.8 Å². The number of rotatable bonds is 3. The summed E-state index contributed by atoms with van der Waals surface area (Å²) in [6, 6.07) is 3.70. The van der Waals surface area contributed by atoms with Crippen molar-refractivity contribution in [2.24, 2.45) is 5.73 Å². The van der Waals surface area contributed by atoms with Crippen LogP contribution in [0.1, 0.15) is 5.56 Å². The fraction of sp³-hybridized carbons (Fsp3) is 0. The third kappa shape index (κ3) is 3.08. The van der Waals surface area contributed by atoms with Crippen LogP contribution in [-0.4, -0.2) is 10.1 Å². The maximum absolute atomic E-state index is 5.22. The van der Waals surface area contributed by atoms with Gasteiger partial charge >= 0.3 is 0 Å². The molecule has 0 saturated heterocycles. The van der Waals surface area contributed by atoms with Gasteiger partial charge in [0.15, 0.2) is 5.11 Å². The van der Waals surface area contributed by atoms with Crippen LogP contribution in [0.25, 0.3) is 5.70 Å². The number of pyridine rings is 1. The first-order chi connectivity index (χ1) is 6.20. The van der Waals surface area contributed by atoms with Crippen molar-refractivity contribution in [3.05, 3.63) is 36.7 Å². The minimum atomic E-state index is 0.171. The molecule has 0 aliphatic carbocycles. The molecule has 1 aromatic rings. The Morgan fingerprint density at radius 1 is 1.54 bits per heavy atom. The molecular formula is C8H10N4S. The molecule has 4 nitrogen and oxygen atoms in total. The lowest BCUT2D eigenvalue weighted by atomic mass is 10.2. The van der Waals surface area contributed by atoms with Gasteiger partial charge in [0.1, 0.15) is 0 Å². The van der Waals surface area contributed by atoms with Crippen molar-refractivity contribution in [2.45, 2.75) is 0 Å². The zero-order valence-corrected chi connectivity index (χ0v) is 7.77. The predicted molar refractivity (Wildman–Crippen MR) is 56.3 cm³/mol. The van der Waals surface area contributed by atoms with Gasteiger partial charge in [0.2, 0.25) is 0 Å². The Balaban J connectivity index is 2.54. The second kappa shape index (κ2) is 4.42. The molecule has 5 heteroatoms. The van der Waals surface area contributed by atoms with E-state index in [1.165, 1.54) is 0 Å². The van der Waals surface area contributed by atoms with Crippen LogP contribution in [0.5, 0.6) is 0 Å². The van der Waals surface area contributed by atoms with Crippen molar-refractivity contribution in [1.29, 1.82) is 0 Å². The van der Waals surface area contributed by atoms with Crippen molar-refractivity contribution >= 4 is 23.0 Å². The van der Waals surface area contributed by atoms with Crippen LogP contribution in [0.4, 0.5) is 0 Å². The maximum atomic E-state index is 5.22. The van der Waals surface area contributed by atoms with Gasteiger partial charge < -0.3 is 5.73 Å². The van der Waals surface area contributed by atoms with Gasteiger partial charge in [-0.15, -0.1) is 0 Å². The van der Waals surface area contributed by atoms with Crippen molar-refractivity contribution < 1.29 is 0 Å². The van der Waals surface area contributed by atoms with Gasteiger partial charge in [0.05, 0.1) is 5.70 Å². The van der Waals surface area contributed by atoms with E-state index in [1.807, 2.05) is 12.1 Å². The first-order valence-corrected chi connectivity index (χ1v) is 4.02. The summed E-state index contributed by atoms with van der Waals surface area (Å²) in [6.45, 7) is 3.77. The average molecular weight is 194 g/mol. The van der Waals surface area contributed by atoms with Crippen LogP contribution in [0.15, 0.2) is 31.1 Å². The Labute approximate surface area is 81.8 Å². The SMILES string of the molecule is C=C(NNC(N)=S)c1cccnc1. The van der Waals surface area contributed by atoms with E-state index < -0.39 is 0 Å². The lowest BCUT2D eigenvalue weighted by Gasteiger charge is -2.09. The summed E-state index contributed by atoms with van der Waals surface area (Å²) in [7, 11) is 0. The van der Waals surface area contributed by atoms with Crippen LogP contribution < -0.4 is 16.6 Å². The first kappa shape index (κ1) is 9.47. The third-order valence-electron chi connectivity index (χ3n) is 1.35. The largest absolute Gasteiger partial charge is 0.375 e. The number of hydrazine groups is 1. The van der Waals surface area contributed by atoms with E-state index in [9.17, 15) is 0 Å². The molecular weight excluding hydrogens is 184 g/mol. The normalized spacial score (nSPS) is 8.92. The van der Waals surface area contributed by atoms with Gasteiger partial charge in [-0.25, -0.2) is 0 Å². The molecule has 0 aromatic carbocycles. The van der Waals surface area contributed by atoms with E-state index in [0.29, 0.717) is 5.70 Å². The number of nitrogens with two attached hydrogens (primary N) is 1. The molecule has 1 aromatic heterocycles. The van der Waals surface area contributed by atoms with Gasteiger partial charge in [0.25, 0.3) is 0 Å². The number of hydrogen-bond donors (Lipinski definition) is 3. The summed E-state index contributed by atoms with van der Waals surface area (Å²) < 4.78 is 0. The molecule has 0 amide bonds. The smallest absolute Gasteiger partial charge is 0.182 e. The van der Waals surface area contributed by atoms with Gasteiger partial charge in [-0.2, -0.15) is 0 Å². The quantitative estimate of drug-likeness (QED) is 0.480. The van der Waals surface area contributed by atoms with Crippen LogP contribution in [0.3, 0.4) is 0 Å². The molecule has 4 N–H and O–H groups in total. The van der Waals surface area contributed by atoms with Crippen molar-refractivity contribution in [1.82, 2.24) is 15.8 Å². The van der Waals surface area contributed by atoms with E-state index in [-0.39, 0.29) is 5.11 Å². The highest BCUT2D eigenvalue weighted by molar-refractivity contribution is 7.80. The Morgan fingerprint density at radius 3 is 2.85 bits per heavy atom. The third-order valence-corrected chi connectivity index (χ3v) is 1.45. The van der Waals surface area contributed by atoms with E-state index in [2.05, 4.69) is 34.6 Å². The number of nitrogens with zero attached hydrogens (tertiary/aromatic N) is 1. The van der Waals surface area contributed by atoms with Crippen LogP contribution in [-0.2, 0) is 0 Å². The van der Waals surface area contributed by atoms with Crippen molar-refractivity contribution in [2.75, 3.05) is 0 Å². The first-order valence-electron chi connectivity index (χ1n) is 3.61. The zero-order valence-electron chi connectivity index (χ0n) is 6.95. The molecule has 0 radical (unpaired) electrons. The number of nitrogens with one attached hydrogen (secondary N) is 2. The monoisotopic (exact) mass is 194 g/mol. The van der Waals surface area contributed by atoms with Crippen LogP contribution in [0, 0.1) is 0 Å². The highest BCUT2D eigenvalue weighted by Gasteiger charge is 1.96. The van der Waals surface area contributed by atoms with Gasteiger partial charge in [0, 0.05) is 18.0 Å². The highest BCUT2D eigenvalue weighted by Crippen LogP contribution is 2.04.